The molecule has 0 aromatic carbocycles. The minimum atomic E-state index is -4.64. The van der Waals surface area contributed by atoms with Crippen molar-refractivity contribution in [2.75, 3.05) is 0 Å². The number of rotatable bonds is 0. The molecule has 0 aromatic rings. The van der Waals surface area contributed by atoms with E-state index in [-0.39, 0.29) is 37.1 Å². The first kappa shape index (κ1) is 45.5. The van der Waals surface area contributed by atoms with E-state index in [9.17, 15) is 0 Å². The highest BCUT2D eigenvalue weighted by Crippen LogP contribution is 2.26. The smallest absolute Gasteiger partial charge is 0.303 e. The van der Waals surface area contributed by atoms with Gasteiger partial charge in [-0.25, -0.2) is 9.13 Å². The molecule has 0 bridgehead atoms. The van der Waals surface area contributed by atoms with Gasteiger partial charge in [-0.3, -0.25) is 0 Å². The van der Waals surface area contributed by atoms with Crippen molar-refractivity contribution in [3.8, 4) is 0 Å². The van der Waals surface area contributed by atoms with E-state index in [1.54, 1.807) is 0 Å². The van der Waals surface area contributed by atoms with Crippen LogP contribution in [0.15, 0.2) is 0 Å². The Hall–Kier alpha value is 0.220. The van der Waals surface area contributed by atoms with Crippen LogP contribution in [0.3, 0.4) is 0 Å². The molecule has 8 nitrogen and oxygen atoms in total. The third-order valence-electron chi connectivity index (χ3n) is 0. The lowest BCUT2D eigenvalue weighted by molar-refractivity contribution is 0.272. The summed E-state index contributed by atoms with van der Waals surface area (Å²) in [6, 6.07) is 0. The van der Waals surface area contributed by atoms with Crippen molar-refractivity contribution in [3.63, 3.8) is 0 Å². The Labute approximate surface area is 92.1 Å². The van der Waals surface area contributed by atoms with Crippen molar-refractivity contribution in [2.24, 2.45) is 0 Å². The van der Waals surface area contributed by atoms with Gasteiger partial charge in [0, 0.05) is 0 Å². The van der Waals surface area contributed by atoms with Crippen molar-refractivity contribution in [1.29, 1.82) is 0 Å². The summed E-state index contributed by atoms with van der Waals surface area (Å²) in [7, 11) is -9.28. The Balaban J connectivity index is -0.0000000128. The topological polar surface area (TPSA) is 156 Å². The van der Waals surface area contributed by atoms with Gasteiger partial charge in [-0.15, -0.1) is 0 Å². The van der Waals surface area contributed by atoms with Crippen LogP contribution in [0.1, 0.15) is 37.1 Å². The van der Waals surface area contributed by atoms with Crippen LogP contribution in [-0.2, 0) is 9.13 Å². The molecule has 0 atom stereocenters. The minimum Gasteiger partial charge on any atom is -0.303 e. The highest BCUT2D eigenvalue weighted by atomic mass is 31.2. The molecule has 0 heterocycles. The van der Waals surface area contributed by atoms with Crippen molar-refractivity contribution in [1.82, 2.24) is 0 Å². The molecule has 0 aliphatic carbocycles. The van der Waals surface area contributed by atoms with Gasteiger partial charge in [0.1, 0.15) is 0 Å². The standard InChI is InChI=1S/5CH4.2H3O4P/c;;;;;2*1-5(2,3)4/h5*1H4;2*(H3,1,2,3,4). The van der Waals surface area contributed by atoms with E-state index in [1.165, 1.54) is 0 Å². The van der Waals surface area contributed by atoms with Gasteiger partial charge < -0.3 is 29.4 Å². The molecule has 0 radical (unpaired) electrons. The molecule has 0 amide bonds. The fraction of sp³-hybridized carbons (Fsp3) is 1.00. The van der Waals surface area contributed by atoms with Crippen LogP contribution in [-0.4, -0.2) is 29.4 Å². The van der Waals surface area contributed by atoms with Crippen LogP contribution in [0.5, 0.6) is 0 Å². The predicted octanol–water partition coefficient (Wildman–Crippen LogP) is 1.32. The zero-order chi connectivity index (χ0) is 9.00. The molecule has 0 aliphatic rings. The molecule has 10 heteroatoms. The Kier molecular flexibility index (Phi) is 50.5. The fourth-order valence-electron chi connectivity index (χ4n) is 0. The van der Waals surface area contributed by atoms with Crippen LogP contribution >= 0.6 is 15.6 Å². The van der Waals surface area contributed by atoms with Gasteiger partial charge in [-0.05, 0) is 0 Å². The quantitative estimate of drug-likeness (QED) is 0.362. The van der Waals surface area contributed by atoms with Gasteiger partial charge >= 0.3 is 15.6 Å². The van der Waals surface area contributed by atoms with E-state index in [4.69, 9.17) is 38.5 Å². The molecule has 15 heavy (non-hydrogen) atoms. The maximum Gasteiger partial charge on any atom is 0.466 e. The summed E-state index contributed by atoms with van der Waals surface area (Å²) in [4.78, 5) is 43.1. The molecule has 0 aliphatic heterocycles. The van der Waals surface area contributed by atoms with Crippen LogP contribution < -0.4 is 0 Å². The van der Waals surface area contributed by atoms with Crippen LogP contribution in [0, 0.1) is 0 Å². The van der Waals surface area contributed by atoms with E-state index >= 15 is 0 Å². The van der Waals surface area contributed by atoms with Crippen molar-refractivity contribution < 1.29 is 38.5 Å². The summed E-state index contributed by atoms with van der Waals surface area (Å²) in [5.74, 6) is 0. The van der Waals surface area contributed by atoms with E-state index in [1.807, 2.05) is 0 Å². The highest BCUT2D eigenvalue weighted by Gasteiger charge is 2.00. The first-order valence-electron chi connectivity index (χ1n) is 1.57. The minimum absolute atomic E-state index is 0. The molecule has 0 fully saturated rings. The van der Waals surface area contributed by atoms with E-state index < -0.39 is 15.6 Å². The Morgan fingerprint density at radius 2 is 0.467 bits per heavy atom. The Bertz CT molecular complexity index is 133. The fourth-order valence-corrected chi connectivity index (χ4v) is 0. The second-order valence-corrected chi connectivity index (χ2v) is 3.08. The first-order chi connectivity index (χ1) is 4.00. The number of hydrogen-bond acceptors (Lipinski definition) is 2. The van der Waals surface area contributed by atoms with Gasteiger partial charge in [0.05, 0.1) is 0 Å². The molecule has 0 unspecified atom stereocenters. The van der Waals surface area contributed by atoms with Gasteiger partial charge in [-0.1, -0.05) is 37.1 Å². The molecule has 0 saturated carbocycles. The summed E-state index contributed by atoms with van der Waals surface area (Å²) in [5, 5.41) is 0. The Morgan fingerprint density at radius 1 is 0.467 bits per heavy atom. The van der Waals surface area contributed by atoms with Crippen LogP contribution in [0.4, 0.5) is 0 Å². The summed E-state index contributed by atoms with van der Waals surface area (Å²) in [6.45, 7) is 0. The summed E-state index contributed by atoms with van der Waals surface area (Å²) >= 11 is 0. The molecule has 0 saturated heterocycles. The molecule has 104 valence electrons. The number of phosphoric acid groups is 2. The molecular weight excluding hydrogens is 250 g/mol. The van der Waals surface area contributed by atoms with Gasteiger partial charge in [-0.2, -0.15) is 0 Å². The van der Waals surface area contributed by atoms with E-state index in [2.05, 4.69) is 0 Å². The third-order valence-corrected chi connectivity index (χ3v) is 0. The number of hydrogen-bond donors (Lipinski definition) is 6. The molecule has 6 N–H and O–H groups in total. The second kappa shape index (κ2) is 16.6. The lowest BCUT2D eigenvalue weighted by Crippen LogP contribution is -1.66. The monoisotopic (exact) mass is 276 g/mol. The predicted molar refractivity (Wildman–Crippen MR) is 62.2 cm³/mol. The highest BCUT2D eigenvalue weighted by molar-refractivity contribution is 7.45. The average Bonchev–Trinajstić information content (AvgIpc) is 1.12. The van der Waals surface area contributed by atoms with Gasteiger partial charge in [0.25, 0.3) is 0 Å². The molecule has 0 aromatic heterocycles. The third kappa shape index (κ3) is 43900. The molecule has 0 spiro atoms. The largest absolute Gasteiger partial charge is 0.466 e. The van der Waals surface area contributed by atoms with Crippen molar-refractivity contribution in [2.45, 2.75) is 37.1 Å². The van der Waals surface area contributed by atoms with Gasteiger partial charge in [0.2, 0.25) is 0 Å². The first-order valence-corrected chi connectivity index (χ1v) is 4.70. The Morgan fingerprint density at radius 3 is 0.467 bits per heavy atom. The summed E-state index contributed by atoms with van der Waals surface area (Å²) in [6.07, 6.45) is 0. The second-order valence-electron chi connectivity index (χ2n) is 1.03. The van der Waals surface area contributed by atoms with E-state index in [0.717, 1.165) is 0 Å². The summed E-state index contributed by atoms with van der Waals surface area (Å²) in [5.41, 5.74) is 0. The van der Waals surface area contributed by atoms with Gasteiger partial charge in [0.15, 0.2) is 0 Å². The zero-order valence-electron chi connectivity index (χ0n) is 4.39. The molecule has 0 rings (SSSR count). The lowest BCUT2D eigenvalue weighted by atomic mass is 12.0. The summed E-state index contributed by atoms with van der Waals surface area (Å²) < 4.78 is 17.8. The maximum absolute atomic E-state index is 8.88. The van der Waals surface area contributed by atoms with Crippen LogP contribution in [0.2, 0.25) is 0 Å². The van der Waals surface area contributed by atoms with Crippen molar-refractivity contribution >= 4 is 15.6 Å². The maximum atomic E-state index is 8.88. The average molecular weight is 276 g/mol. The molecular formula is C5H26O8P2. The zero-order valence-corrected chi connectivity index (χ0v) is 6.18. The van der Waals surface area contributed by atoms with Crippen LogP contribution in [0.25, 0.3) is 0 Å². The SMILES string of the molecule is C.C.C.C.C.O=P(O)(O)O.O=P(O)(O)O. The van der Waals surface area contributed by atoms with E-state index in [0.29, 0.717) is 0 Å². The normalized spacial score (nSPS) is 7.87. The lowest BCUT2D eigenvalue weighted by Gasteiger charge is -1.82. The van der Waals surface area contributed by atoms with Crippen molar-refractivity contribution in [3.05, 3.63) is 0 Å².